The fourth-order valence-corrected chi connectivity index (χ4v) is 33.6. The van der Waals surface area contributed by atoms with Crippen molar-refractivity contribution in [1.29, 1.82) is 0 Å². The van der Waals surface area contributed by atoms with Crippen LogP contribution in [0.15, 0.2) is 72.8 Å². The number of hydrogen-bond donors (Lipinski definition) is 2. The van der Waals surface area contributed by atoms with E-state index in [-0.39, 0.29) is 22.3 Å². The van der Waals surface area contributed by atoms with Crippen LogP contribution in [0, 0.1) is 0 Å². The third-order valence-corrected chi connectivity index (χ3v) is 35.6. The smallest absolute Gasteiger partial charge is 0.165 e. The summed E-state index contributed by atoms with van der Waals surface area (Å²) in [7, 11) is 2.58. The van der Waals surface area contributed by atoms with Gasteiger partial charge in [0.2, 0.25) is 0 Å². The molecule has 0 saturated carbocycles. The Morgan fingerprint density at radius 3 is 0.983 bits per heavy atom. The number of rotatable bonds is 1. The molecule has 3 atom stereocenters. The van der Waals surface area contributed by atoms with Crippen molar-refractivity contribution in [3.05, 3.63) is 117 Å². The van der Waals surface area contributed by atoms with Gasteiger partial charge in [0, 0.05) is 56.4 Å². The second kappa shape index (κ2) is 13.4. The lowest BCUT2D eigenvalue weighted by molar-refractivity contribution is 0.272. The molecule has 9 nitrogen and oxygen atoms in total. The average Bonchev–Trinajstić information content (AvgIpc) is 1.38. The summed E-state index contributed by atoms with van der Waals surface area (Å²) in [6.07, 6.45) is 0. The minimum absolute atomic E-state index is 0.126. The maximum absolute atomic E-state index is 6.04. The summed E-state index contributed by atoms with van der Waals surface area (Å²) < 4.78 is 0. The number of likely N-dealkylation sites (N-methyl/N-ethyl adjacent to an activating group) is 1. The minimum Gasteiger partial charge on any atom is -0.324 e. The Labute approximate surface area is 647 Å². The van der Waals surface area contributed by atoms with Gasteiger partial charge in [-0.15, -0.1) is 0 Å². The molecule has 35 aromatic rings. The maximum Gasteiger partial charge on any atom is 0.165 e. The normalized spacial score (nSPS) is 19.9. The number of benzene rings is 21. The van der Waals surface area contributed by atoms with E-state index in [1.54, 1.807) is 313 Å². The van der Waals surface area contributed by atoms with E-state index in [0.29, 0.717) is 34.6 Å². The predicted molar refractivity (Wildman–Crippen MR) is 481 cm³/mol. The lowest BCUT2D eigenvalue weighted by Crippen LogP contribution is -2.50. The molecular formula is C107H47N9. The number of likely N-dealkylation sites (tertiary alicyclic amines) is 1. The van der Waals surface area contributed by atoms with Crippen LogP contribution >= 0.6 is 0 Å². The van der Waals surface area contributed by atoms with Crippen LogP contribution in [0.4, 0.5) is 0 Å². The van der Waals surface area contributed by atoms with Gasteiger partial charge in [0.25, 0.3) is 0 Å². The molecule has 42 rings (SSSR count). The maximum atomic E-state index is 6.04. The Morgan fingerprint density at radius 1 is 0.276 bits per heavy atom. The molecule has 4 aliphatic carbocycles. The first-order chi connectivity index (χ1) is 56.5. The number of hydrogen-bond acceptors (Lipinski definition) is 7. The number of fused-ring (bicyclic) bond motifs is 20. The van der Waals surface area contributed by atoms with E-state index in [9.17, 15) is 0 Å². The second-order valence-corrected chi connectivity index (χ2v) is 42.1. The zero-order valence-electron chi connectivity index (χ0n) is 63.8. The summed E-state index contributed by atoms with van der Waals surface area (Å²) >= 11 is 0. The topological polar surface area (TPSA) is 112 Å². The fourth-order valence-electron chi connectivity index (χ4n) is 33.6. The minimum atomic E-state index is -0.578. The zero-order chi connectivity index (χ0) is 73.5. The summed E-state index contributed by atoms with van der Waals surface area (Å²) in [6, 6.07) is 27.5. The Kier molecular flexibility index (Phi) is 6.00. The van der Waals surface area contributed by atoms with Crippen molar-refractivity contribution in [1.82, 2.24) is 44.8 Å². The summed E-state index contributed by atoms with van der Waals surface area (Å²) in [4.78, 5) is 45.7. The number of aromatic amines is 2. The van der Waals surface area contributed by atoms with Gasteiger partial charge in [-0.1, -0.05) is 129 Å². The van der Waals surface area contributed by atoms with Crippen LogP contribution in [-0.2, 0) is 27.1 Å². The van der Waals surface area contributed by atoms with Gasteiger partial charge in [0.05, 0.1) is 10.8 Å². The number of aromatic nitrogens is 8. The van der Waals surface area contributed by atoms with Crippen molar-refractivity contribution in [3.8, 4) is 45.6 Å². The van der Waals surface area contributed by atoms with Crippen molar-refractivity contribution >= 4 is 335 Å². The zero-order valence-corrected chi connectivity index (χ0v) is 63.8. The molecule has 520 valence electrons. The highest BCUT2D eigenvalue weighted by Crippen LogP contribution is 2.87. The Bertz CT molecular complexity index is 11100. The highest BCUT2D eigenvalue weighted by Gasteiger charge is 2.76. The van der Waals surface area contributed by atoms with Crippen molar-refractivity contribution in [3.63, 3.8) is 0 Å². The van der Waals surface area contributed by atoms with Crippen LogP contribution in [0.1, 0.15) is 113 Å². The third-order valence-electron chi connectivity index (χ3n) is 35.6. The molecular weight excluding hydrogens is 1410 g/mol. The highest BCUT2D eigenvalue weighted by molar-refractivity contribution is 6.82. The van der Waals surface area contributed by atoms with E-state index in [1.165, 1.54) is 22.3 Å². The SMILES string of the molecule is CN1CC23c4c5c6c7c8c9c(c%10c%11c2c2c%12c4c4c%13c5c5c7c7c8c8c%14c9c%10c9c%10c%11c2c2c%11c%12c4c4c%12c%13c5c5c7c7c8c8c%14c9c9c%10c2c2c%11c4c4c%12c5c7c5c8c9c2c45)C63C1c1ccc2c(c1)-c1nc-2nc2[nH]c(nc3nc(nc4[nH]c(n1)c1cccc(C(C)(C)C)c41)-c1c-3cccc1C(C)(C)C)c1cccc(C(C)(C)C)c21. The molecule has 3 aliphatic heterocycles. The van der Waals surface area contributed by atoms with Crippen LogP contribution in [0.3, 0.4) is 0 Å². The molecule has 3 unspecified atom stereocenters. The largest absolute Gasteiger partial charge is 0.324 e. The Hall–Kier alpha value is -13.3. The second-order valence-electron chi connectivity index (χ2n) is 42.1. The van der Waals surface area contributed by atoms with Crippen LogP contribution in [0.25, 0.3) is 381 Å². The molecule has 1 fully saturated rings. The molecule has 0 radical (unpaired) electrons. The molecule has 9 heteroatoms. The standard InChI is InChI=1S/C107H47N9/c1-103(2,3)30-17-11-14-26-33(30)100-111-95-25-21-20-24(22-29(25)99(108-95)110-98-28-16-13-19-32(105(7,8)9)35(28)102(114-98)115-101-34-27(97(113-101)109-96(26)112-100)15-12-18-31(34)104(4,5)6)94-107-92-85-77-65-57-48-39-37-36-38-42(39)51-58-56-47(38)49-45-40(36)43-44-41(37)46-50(48)63(65)71-69-55(46)53(44)61-60-52(43)54(45)68-70-62(49)64(56)76-78-66(58)67(59(51)57)79(77)88(92)87(78)90-83(76)81(70)84-74(68)72(60)80-73(61)75(69)86(82(71)85)93(107)89(80)91(84)106(90,107)23-116(94)10/h11-22,94H,23H2,1-10H3,(H2,108,109,110,111,112,113,114,115). The van der Waals surface area contributed by atoms with Crippen LogP contribution in [-0.4, -0.2) is 58.4 Å². The van der Waals surface area contributed by atoms with E-state index >= 15 is 0 Å². The lowest BCUT2D eigenvalue weighted by Gasteiger charge is -2.50. The lowest BCUT2D eigenvalue weighted by atomic mass is 9.49. The molecule has 32 aromatic carbocycles. The molecule has 8 bridgehead atoms. The highest BCUT2D eigenvalue weighted by atomic mass is 15.2. The van der Waals surface area contributed by atoms with Crippen molar-refractivity contribution in [2.45, 2.75) is 95.4 Å². The first-order valence-electron chi connectivity index (χ1n) is 42.4. The van der Waals surface area contributed by atoms with Gasteiger partial charge in [0.15, 0.2) is 23.3 Å². The van der Waals surface area contributed by atoms with Crippen LogP contribution in [0.5, 0.6) is 0 Å². The van der Waals surface area contributed by atoms with Gasteiger partial charge in [-0.3, -0.25) is 4.90 Å². The molecule has 116 heavy (non-hydrogen) atoms. The fraction of sp³-hybridized carbons (Fsp3) is 0.159. The molecule has 0 amide bonds. The van der Waals surface area contributed by atoms with Crippen molar-refractivity contribution in [2.75, 3.05) is 13.6 Å². The van der Waals surface area contributed by atoms with Gasteiger partial charge >= 0.3 is 0 Å². The summed E-state index contributed by atoms with van der Waals surface area (Å²) in [5, 5.41) is 91.5. The number of H-pyrrole nitrogens is 2. The molecule has 3 aromatic heterocycles. The van der Waals surface area contributed by atoms with Gasteiger partial charge < -0.3 is 9.97 Å². The van der Waals surface area contributed by atoms with E-state index in [0.717, 1.165) is 61.6 Å². The van der Waals surface area contributed by atoms with Gasteiger partial charge in [0.1, 0.15) is 22.6 Å². The Morgan fingerprint density at radius 2 is 0.569 bits per heavy atom. The van der Waals surface area contributed by atoms with Gasteiger partial charge in [-0.05, 0) is 365 Å². The average molecular weight is 1460 g/mol. The molecule has 2 N–H and O–H groups in total. The van der Waals surface area contributed by atoms with Gasteiger partial charge in [-0.25, -0.2) is 29.9 Å². The first-order valence-corrected chi connectivity index (χ1v) is 42.4. The summed E-state index contributed by atoms with van der Waals surface area (Å²) in [5.41, 5.74) is 16.6. The summed E-state index contributed by atoms with van der Waals surface area (Å²) in [5.74, 6) is 2.52. The van der Waals surface area contributed by atoms with Gasteiger partial charge in [-0.2, -0.15) is 0 Å². The van der Waals surface area contributed by atoms with E-state index < -0.39 is 10.8 Å². The van der Waals surface area contributed by atoms with Crippen LogP contribution < -0.4 is 0 Å². The number of nitrogens with zero attached hydrogens (tertiary/aromatic N) is 7. The predicted octanol–water partition coefficient (Wildman–Crippen LogP) is 27.1. The molecule has 7 aliphatic rings. The monoisotopic (exact) mass is 1460 g/mol. The molecule has 2 spiro atoms. The van der Waals surface area contributed by atoms with Crippen molar-refractivity contribution in [2.24, 2.45) is 0 Å². The van der Waals surface area contributed by atoms with E-state index in [1.807, 2.05) is 0 Å². The molecule has 6 heterocycles. The third kappa shape index (κ3) is 3.76. The quantitative estimate of drug-likeness (QED) is 0.157. The molecule has 1 saturated heterocycles. The number of nitrogens with one attached hydrogen (secondary N) is 2. The van der Waals surface area contributed by atoms with E-state index in [4.69, 9.17) is 29.9 Å². The summed E-state index contributed by atoms with van der Waals surface area (Å²) in [6.45, 7) is 21.6. The Balaban J connectivity index is 0.705. The van der Waals surface area contributed by atoms with E-state index in [2.05, 4.69) is 157 Å². The first kappa shape index (κ1) is 52.1. The van der Waals surface area contributed by atoms with Crippen molar-refractivity contribution < 1.29 is 0 Å². The van der Waals surface area contributed by atoms with Crippen LogP contribution in [0.2, 0.25) is 0 Å².